The zero-order valence-electron chi connectivity index (χ0n) is 14.2. The van der Waals surface area contributed by atoms with E-state index in [1.807, 2.05) is 6.07 Å². The van der Waals surface area contributed by atoms with E-state index in [-0.39, 0.29) is 0 Å². The van der Waals surface area contributed by atoms with Crippen LogP contribution >= 0.6 is 0 Å². The Bertz CT molecular complexity index is 976. The van der Waals surface area contributed by atoms with Gasteiger partial charge >= 0.3 is 6.03 Å². The van der Waals surface area contributed by atoms with Gasteiger partial charge in [0.1, 0.15) is 11.8 Å². The van der Waals surface area contributed by atoms with Gasteiger partial charge < -0.3 is 4.74 Å². The van der Waals surface area contributed by atoms with Gasteiger partial charge in [0.15, 0.2) is 5.92 Å². The minimum atomic E-state index is -1.29. The fourth-order valence-electron chi connectivity index (χ4n) is 2.53. The first-order valence-corrected chi connectivity index (χ1v) is 7.91. The maximum atomic E-state index is 12.7. The van der Waals surface area contributed by atoms with E-state index in [9.17, 15) is 14.4 Å². The highest BCUT2D eigenvalue weighted by Gasteiger charge is 2.40. The number of barbiturate groups is 1. The van der Waals surface area contributed by atoms with Crippen LogP contribution in [0.2, 0.25) is 0 Å². The second kappa shape index (κ2) is 7.49. The predicted molar refractivity (Wildman–Crippen MR) is 96.8 cm³/mol. The molecule has 4 amide bonds. The number of urea groups is 1. The fourth-order valence-corrected chi connectivity index (χ4v) is 2.53. The summed E-state index contributed by atoms with van der Waals surface area (Å²) < 4.78 is 5.05. The summed E-state index contributed by atoms with van der Waals surface area (Å²) in [7, 11) is 1.50. The van der Waals surface area contributed by atoms with Crippen molar-refractivity contribution < 1.29 is 19.1 Å². The van der Waals surface area contributed by atoms with Gasteiger partial charge in [-0.05, 0) is 36.4 Å². The van der Waals surface area contributed by atoms with E-state index in [0.717, 1.165) is 11.1 Å². The number of carbonyl (C=O) groups excluding carboxylic acids is 3. The number of benzene rings is 2. The topological polar surface area (TPSA) is 112 Å². The lowest BCUT2D eigenvalue weighted by molar-refractivity contribution is -0.131. The highest BCUT2D eigenvalue weighted by atomic mass is 16.5. The average Bonchev–Trinajstić information content (AvgIpc) is 2.68. The van der Waals surface area contributed by atoms with E-state index in [2.05, 4.69) is 10.3 Å². The third-order valence-corrected chi connectivity index (χ3v) is 3.92. The zero-order valence-corrected chi connectivity index (χ0v) is 14.2. The Kier molecular flexibility index (Phi) is 4.95. The van der Waals surface area contributed by atoms with Crippen LogP contribution in [0, 0.1) is 17.2 Å². The highest BCUT2D eigenvalue weighted by Crippen LogP contribution is 2.24. The molecule has 1 N–H and O–H groups in total. The number of nitrogens with one attached hydrogen (secondary N) is 1. The summed E-state index contributed by atoms with van der Waals surface area (Å²) in [5.74, 6) is -2.23. The number of nitrogens with zero attached hydrogens (tertiary/aromatic N) is 3. The van der Waals surface area contributed by atoms with Crippen molar-refractivity contribution in [2.24, 2.45) is 10.9 Å². The molecule has 0 aromatic heterocycles. The molecule has 8 nitrogen and oxygen atoms in total. The SMILES string of the molecule is COc1ccc(N2C(=O)NC(=O)[C@@H](C=Nc3ccccc3C#N)C2=O)cc1. The summed E-state index contributed by atoms with van der Waals surface area (Å²) >= 11 is 0. The molecule has 0 radical (unpaired) electrons. The molecule has 0 bridgehead atoms. The Morgan fingerprint density at radius 1 is 1.15 bits per heavy atom. The second-order valence-corrected chi connectivity index (χ2v) is 5.55. The van der Waals surface area contributed by atoms with E-state index in [1.165, 1.54) is 19.2 Å². The number of nitriles is 1. The predicted octanol–water partition coefficient (Wildman–Crippen LogP) is 2.17. The average molecular weight is 362 g/mol. The fraction of sp³-hybridized carbons (Fsp3) is 0.105. The molecule has 27 heavy (non-hydrogen) atoms. The number of methoxy groups -OCH3 is 1. The molecule has 2 aromatic carbocycles. The van der Waals surface area contributed by atoms with Crippen molar-refractivity contribution in [3.05, 3.63) is 54.1 Å². The summed E-state index contributed by atoms with van der Waals surface area (Å²) in [6.45, 7) is 0. The molecule has 0 saturated carbocycles. The summed E-state index contributed by atoms with van der Waals surface area (Å²) in [6, 6.07) is 13.9. The van der Waals surface area contributed by atoms with Crippen molar-refractivity contribution in [2.75, 3.05) is 12.0 Å². The molecule has 1 aliphatic heterocycles. The summed E-state index contributed by atoms with van der Waals surface area (Å²) in [5.41, 5.74) is 0.927. The molecular formula is C19H14N4O4. The van der Waals surface area contributed by atoms with E-state index >= 15 is 0 Å². The van der Waals surface area contributed by atoms with Crippen LogP contribution in [0.5, 0.6) is 5.75 Å². The minimum Gasteiger partial charge on any atom is -0.497 e. The van der Waals surface area contributed by atoms with Crippen LogP contribution < -0.4 is 15.0 Å². The Labute approximate surface area is 154 Å². The van der Waals surface area contributed by atoms with E-state index in [4.69, 9.17) is 10.00 Å². The summed E-state index contributed by atoms with van der Waals surface area (Å²) in [4.78, 5) is 42.0. The van der Waals surface area contributed by atoms with Crippen molar-refractivity contribution in [3.8, 4) is 11.8 Å². The number of para-hydroxylation sites is 1. The smallest absolute Gasteiger partial charge is 0.335 e. The van der Waals surface area contributed by atoms with Crippen molar-refractivity contribution in [1.82, 2.24) is 5.32 Å². The van der Waals surface area contributed by atoms with E-state index in [1.54, 1.807) is 36.4 Å². The molecule has 2 aromatic rings. The number of amides is 4. The largest absolute Gasteiger partial charge is 0.497 e. The van der Waals surface area contributed by atoms with Crippen molar-refractivity contribution in [1.29, 1.82) is 5.26 Å². The first-order chi connectivity index (χ1) is 13.0. The van der Waals surface area contributed by atoms with Crippen LogP contribution in [0.3, 0.4) is 0 Å². The molecule has 0 unspecified atom stereocenters. The molecule has 0 spiro atoms. The third-order valence-electron chi connectivity index (χ3n) is 3.92. The van der Waals surface area contributed by atoms with Crippen LogP contribution in [0.4, 0.5) is 16.2 Å². The quantitative estimate of drug-likeness (QED) is 0.662. The van der Waals surface area contributed by atoms with Crippen molar-refractivity contribution in [2.45, 2.75) is 0 Å². The van der Waals surface area contributed by atoms with Crippen LogP contribution in [0.1, 0.15) is 5.56 Å². The van der Waals surface area contributed by atoms with Crippen LogP contribution in [0.15, 0.2) is 53.5 Å². The first kappa shape index (κ1) is 17.8. The Balaban J connectivity index is 1.90. The monoisotopic (exact) mass is 362 g/mol. The zero-order chi connectivity index (χ0) is 19.4. The van der Waals surface area contributed by atoms with Crippen LogP contribution in [-0.2, 0) is 9.59 Å². The maximum Gasteiger partial charge on any atom is 0.335 e. The highest BCUT2D eigenvalue weighted by molar-refractivity contribution is 6.32. The summed E-state index contributed by atoms with van der Waals surface area (Å²) in [5, 5.41) is 11.2. The number of hydrogen-bond acceptors (Lipinski definition) is 6. The van der Waals surface area contributed by atoms with Gasteiger partial charge in [0.2, 0.25) is 5.91 Å². The molecule has 1 fully saturated rings. The standard InChI is InChI=1S/C19H14N4O4/c1-27-14-8-6-13(7-9-14)23-18(25)15(17(24)22-19(23)26)11-21-16-5-3-2-4-12(16)10-20/h2-9,11,15H,1H3,(H,22,24,26)/t15-/m1/s1. The van der Waals surface area contributed by atoms with Gasteiger partial charge in [-0.25, -0.2) is 9.69 Å². The lowest BCUT2D eigenvalue weighted by Crippen LogP contribution is -2.58. The van der Waals surface area contributed by atoms with Crippen molar-refractivity contribution >= 4 is 35.4 Å². The number of carbonyl (C=O) groups is 3. The normalized spacial score (nSPS) is 17.0. The number of ether oxygens (including phenoxy) is 1. The Morgan fingerprint density at radius 3 is 2.52 bits per heavy atom. The second-order valence-electron chi connectivity index (χ2n) is 5.55. The molecule has 1 atom stereocenters. The van der Waals surface area contributed by atoms with Crippen LogP contribution in [0.25, 0.3) is 0 Å². The van der Waals surface area contributed by atoms with Crippen LogP contribution in [-0.4, -0.2) is 31.2 Å². The molecule has 0 aliphatic carbocycles. The number of hydrogen-bond donors (Lipinski definition) is 1. The van der Waals surface area contributed by atoms with Gasteiger partial charge in [-0.2, -0.15) is 5.26 Å². The van der Waals surface area contributed by atoms with Gasteiger partial charge in [0, 0.05) is 6.21 Å². The van der Waals surface area contributed by atoms with Gasteiger partial charge in [-0.15, -0.1) is 0 Å². The molecule has 8 heteroatoms. The Hall–Kier alpha value is -3.99. The molecule has 1 aliphatic rings. The maximum absolute atomic E-state index is 12.7. The third kappa shape index (κ3) is 3.52. The number of anilines is 1. The molecular weight excluding hydrogens is 348 g/mol. The van der Waals surface area contributed by atoms with Gasteiger partial charge in [0.05, 0.1) is 24.0 Å². The Morgan fingerprint density at radius 2 is 1.85 bits per heavy atom. The van der Waals surface area contributed by atoms with Gasteiger partial charge in [0.25, 0.3) is 5.91 Å². The number of aliphatic imine (C=N–C) groups is 1. The number of rotatable bonds is 4. The van der Waals surface area contributed by atoms with E-state index < -0.39 is 23.8 Å². The number of imide groups is 2. The van der Waals surface area contributed by atoms with E-state index in [0.29, 0.717) is 22.7 Å². The summed E-state index contributed by atoms with van der Waals surface area (Å²) in [6.07, 6.45) is 1.14. The molecule has 3 rings (SSSR count). The minimum absolute atomic E-state index is 0.293. The lowest BCUT2D eigenvalue weighted by atomic mass is 10.1. The first-order valence-electron chi connectivity index (χ1n) is 7.91. The lowest BCUT2D eigenvalue weighted by Gasteiger charge is -2.28. The molecule has 1 heterocycles. The van der Waals surface area contributed by atoms with Gasteiger partial charge in [-0.3, -0.25) is 19.9 Å². The molecule has 1 saturated heterocycles. The van der Waals surface area contributed by atoms with Gasteiger partial charge in [-0.1, -0.05) is 12.1 Å². The van der Waals surface area contributed by atoms with Crippen molar-refractivity contribution in [3.63, 3.8) is 0 Å². The molecule has 134 valence electrons.